The van der Waals surface area contributed by atoms with E-state index in [4.69, 9.17) is 4.74 Å². The summed E-state index contributed by atoms with van der Waals surface area (Å²) in [5, 5.41) is 23.6. The Balaban J connectivity index is 2.37. The van der Waals surface area contributed by atoms with Crippen LogP contribution in [0.2, 0.25) is 0 Å². The third-order valence-corrected chi connectivity index (χ3v) is 4.11. The molecule has 0 bridgehead atoms. The molecule has 0 aliphatic heterocycles. The Bertz CT molecular complexity index is 672. The monoisotopic (exact) mass is 372 g/mol. The largest absolute Gasteiger partial charge is 0.479 e. The second-order valence-electron chi connectivity index (χ2n) is 4.45. The minimum Gasteiger partial charge on any atom is -0.479 e. The van der Waals surface area contributed by atoms with Crippen LogP contribution in [0, 0.1) is 17.0 Å². The molecule has 0 saturated carbocycles. The van der Waals surface area contributed by atoms with Gasteiger partial charge < -0.3 is 9.84 Å². The van der Waals surface area contributed by atoms with Gasteiger partial charge >= 0.3 is 5.69 Å². The van der Waals surface area contributed by atoms with E-state index in [1.54, 1.807) is 6.07 Å². The Morgan fingerprint density at radius 1 is 1.57 bits per heavy atom. The van der Waals surface area contributed by atoms with Crippen LogP contribution in [0.15, 0.2) is 22.0 Å². The minimum atomic E-state index is -0.880. The van der Waals surface area contributed by atoms with Gasteiger partial charge in [0, 0.05) is 27.2 Å². The molecule has 0 aliphatic rings. The van der Waals surface area contributed by atoms with E-state index in [2.05, 4.69) is 20.9 Å². The summed E-state index contributed by atoms with van der Waals surface area (Å²) in [5.41, 5.74) is 1.05. The number of aryl methyl sites for hydroxylation is 1. The highest BCUT2D eigenvalue weighted by Gasteiger charge is 2.23. The van der Waals surface area contributed by atoms with E-state index >= 15 is 0 Å². The molecular formula is C13H13BrN2O4S. The van der Waals surface area contributed by atoms with Crippen LogP contribution in [-0.4, -0.2) is 15.0 Å². The van der Waals surface area contributed by atoms with Gasteiger partial charge in [0.2, 0.25) is 5.75 Å². The lowest BCUT2D eigenvalue weighted by molar-refractivity contribution is -0.386. The predicted molar refractivity (Wildman–Crippen MR) is 82.6 cm³/mol. The van der Waals surface area contributed by atoms with Crippen molar-refractivity contribution in [1.82, 2.24) is 4.98 Å². The van der Waals surface area contributed by atoms with E-state index in [0.717, 1.165) is 10.7 Å². The van der Waals surface area contributed by atoms with Gasteiger partial charge in [-0.15, -0.1) is 11.3 Å². The molecule has 0 amide bonds. The maximum Gasteiger partial charge on any atom is 0.312 e. The van der Waals surface area contributed by atoms with Crippen molar-refractivity contribution in [2.75, 3.05) is 0 Å². The van der Waals surface area contributed by atoms with Crippen LogP contribution in [0.1, 0.15) is 29.3 Å². The van der Waals surface area contributed by atoms with E-state index in [0.29, 0.717) is 10.0 Å². The average molecular weight is 373 g/mol. The number of halogens is 1. The summed E-state index contributed by atoms with van der Waals surface area (Å²) in [6, 6.07) is 2.97. The molecule has 2 aromatic rings. The summed E-state index contributed by atoms with van der Waals surface area (Å²) in [4.78, 5) is 14.9. The Morgan fingerprint density at radius 2 is 2.29 bits per heavy atom. The molecule has 1 unspecified atom stereocenters. The number of nitrogens with zero attached hydrogens (tertiary/aromatic N) is 2. The summed E-state index contributed by atoms with van der Waals surface area (Å²) in [6.07, 6.45) is -0.880. The highest BCUT2D eigenvalue weighted by Crippen LogP contribution is 2.38. The molecule has 112 valence electrons. The van der Waals surface area contributed by atoms with Gasteiger partial charge in [0.25, 0.3) is 0 Å². The molecule has 0 spiro atoms. The molecule has 0 fully saturated rings. The second kappa shape index (κ2) is 6.50. The molecule has 1 N–H and O–H groups in total. The fourth-order valence-electron chi connectivity index (χ4n) is 1.81. The predicted octanol–water partition coefficient (Wildman–Crippen LogP) is 3.75. The Hall–Kier alpha value is -1.51. The number of benzene rings is 1. The van der Waals surface area contributed by atoms with Crippen molar-refractivity contribution < 1.29 is 14.8 Å². The second-order valence-corrected chi connectivity index (χ2v) is 6.31. The normalized spacial score (nSPS) is 12.2. The zero-order valence-electron chi connectivity index (χ0n) is 11.4. The van der Waals surface area contributed by atoms with Crippen LogP contribution < -0.4 is 4.74 Å². The number of nitro groups is 1. The number of rotatable bonds is 5. The van der Waals surface area contributed by atoms with Gasteiger partial charge in [-0.2, -0.15) is 0 Å². The van der Waals surface area contributed by atoms with Crippen LogP contribution in [0.5, 0.6) is 5.75 Å². The molecule has 0 saturated heterocycles. The first kappa shape index (κ1) is 15.9. The fourth-order valence-corrected chi connectivity index (χ4v) is 2.95. The molecular weight excluding hydrogens is 360 g/mol. The van der Waals surface area contributed by atoms with Gasteiger partial charge in [-0.1, -0.05) is 15.9 Å². The van der Waals surface area contributed by atoms with E-state index in [-0.39, 0.29) is 18.0 Å². The summed E-state index contributed by atoms with van der Waals surface area (Å²) >= 11 is 4.62. The molecule has 8 heteroatoms. The van der Waals surface area contributed by atoms with Crippen molar-refractivity contribution in [3.05, 3.63) is 48.4 Å². The van der Waals surface area contributed by atoms with Gasteiger partial charge in [-0.05, 0) is 19.9 Å². The van der Waals surface area contributed by atoms with Crippen molar-refractivity contribution >= 4 is 33.0 Å². The molecule has 6 nitrogen and oxygen atoms in total. The Labute approximate surface area is 133 Å². The topological polar surface area (TPSA) is 85.5 Å². The molecule has 2 rings (SSSR count). The van der Waals surface area contributed by atoms with E-state index in [1.165, 1.54) is 24.3 Å². The number of ether oxygens (including phenoxy) is 1. The number of hydrogen-bond donors (Lipinski definition) is 1. The van der Waals surface area contributed by atoms with Crippen molar-refractivity contribution in [3.8, 4) is 5.75 Å². The molecule has 1 aromatic heterocycles. The number of aliphatic hydroxyl groups excluding tert-OH is 1. The van der Waals surface area contributed by atoms with Crippen molar-refractivity contribution in [3.63, 3.8) is 0 Å². The molecule has 1 atom stereocenters. The van der Waals surface area contributed by atoms with Crippen LogP contribution in [0.3, 0.4) is 0 Å². The van der Waals surface area contributed by atoms with Gasteiger partial charge in [0.15, 0.2) is 0 Å². The Morgan fingerprint density at radius 3 is 2.81 bits per heavy atom. The van der Waals surface area contributed by atoms with Crippen molar-refractivity contribution in [1.29, 1.82) is 0 Å². The van der Waals surface area contributed by atoms with Gasteiger partial charge in [0.05, 0.1) is 11.0 Å². The Kier molecular flexibility index (Phi) is 4.92. The molecule has 1 aromatic carbocycles. The van der Waals surface area contributed by atoms with Crippen LogP contribution in [-0.2, 0) is 6.61 Å². The quantitative estimate of drug-likeness (QED) is 0.637. The van der Waals surface area contributed by atoms with Crippen LogP contribution in [0.4, 0.5) is 5.69 Å². The SMILES string of the molecule is Cc1csc(COc2c(C(C)O)cc(Br)cc2[N+](=O)[O-])n1. The molecule has 1 heterocycles. The number of nitro benzene ring substituents is 1. The minimum absolute atomic E-state index is 0.0750. The zero-order chi connectivity index (χ0) is 15.6. The molecule has 0 aliphatic carbocycles. The van der Waals surface area contributed by atoms with Crippen LogP contribution in [0.25, 0.3) is 0 Å². The third-order valence-electron chi connectivity index (χ3n) is 2.72. The van der Waals surface area contributed by atoms with Crippen molar-refractivity contribution in [2.24, 2.45) is 0 Å². The van der Waals surface area contributed by atoms with Crippen molar-refractivity contribution in [2.45, 2.75) is 26.6 Å². The maximum absolute atomic E-state index is 11.2. The first-order valence-corrected chi connectivity index (χ1v) is 7.75. The first-order chi connectivity index (χ1) is 9.88. The standard InChI is InChI=1S/C13H13BrN2O4S/c1-7-6-21-12(15-7)5-20-13-10(8(2)17)3-9(14)4-11(13)16(18)19/h3-4,6,8,17H,5H2,1-2H3. The molecule has 0 radical (unpaired) electrons. The van der Waals surface area contributed by atoms with Gasteiger partial charge in [0.1, 0.15) is 11.6 Å². The van der Waals surface area contributed by atoms with E-state index in [9.17, 15) is 15.2 Å². The zero-order valence-corrected chi connectivity index (χ0v) is 13.8. The number of aliphatic hydroxyl groups is 1. The maximum atomic E-state index is 11.2. The highest BCUT2D eigenvalue weighted by molar-refractivity contribution is 9.10. The third kappa shape index (κ3) is 3.78. The highest BCUT2D eigenvalue weighted by atomic mass is 79.9. The van der Waals surface area contributed by atoms with Gasteiger partial charge in [-0.3, -0.25) is 10.1 Å². The fraction of sp³-hybridized carbons (Fsp3) is 0.308. The van der Waals surface area contributed by atoms with E-state index in [1.807, 2.05) is 12.3 Å². The summed E-state index contributed by atoms with van der Waals surface area (Å²) < 4.78 is 6.09. The average Bonchev–Trinajstić information content (AvgIpc) is 2.81. The lowest BCUT2D eigenvalue weighted by Gasteiger charge is -2.13. The first-order valence-electron chi connectivity index (χ1n) is 6.08. The summed E-state index contributed by atoms with van der Waals surface area (Å²) in [6.45, 7) is 3.52. The van der Waals surface area contributed by atoms with Crippen LogP contribution >= 0.6 is 27.3 Å². The number of aromatic nitrogens is 1. The summed E-state index contributed by atoms with van der Waals surface area (Å²) in [7, 11) is 0. The van der Waals surface area contributed by atoms with Gasteiger partial charge in [-0.25, -0.2) is 4.98 Å². The lowest BCUT2D eigenvalue weighted by atomic mass is 10.1. The number of thiazole rings is 1. The van der Waals surface area contributed by atoms with E-state index < -0.39 is 11.0 Å². The number of hydrogen-bond acceptors (Lipinski definition) is 6. The molecule has 21 heavy (non-hydrogen) atoms. The lowest BCUT2D eigenvalue weighted by Crippen LogP contribution is -2.04. The smallest absolute Gasteiger partial charge is 0.312 e. The summed E-state index contributed by atoms with van der Waals surface area (Å²) in [5.74, 6) is 0.0750.